The van der Waals surface area contributed by atoms with E-state index in [1.165, 1.54) is 6.07 Å². The van der Waals surface area contributed by atoms with Crippen LogP contribution in [0.2, 0.25) is 0 Å². The van der Waals surface area contributed by atoms with Crippen LogP contribution in [-0.2, 0) is 11.3 Å². The van der Waals surface area contributed by atoms with Gasteiger partial charge in [-0.25, -0.2) is 9.37 Å². The molecule has 0 aliphatic heterocycles. The van der Waals surface area contributed by atoms with E-state index in [0.717, 1.165) is 46.7 Å². The van der Waals surface area contributed by atoms with Gasteiger partial charge in [-0.15, -0.1) is 0 Å². The van der Waals surface area contributed by atoms with Crippen molar-refractivity contribution in [2.75, 3.05) is 12.4 Å². The van der Waals surface area contributed by atoms with Crippen LogP contribution < -0.4 is 14.8 Å². The van der Waals surface area contributed by atoms with E-state index >= 15 is 0 Å². The third kappa shape index (κ3) is 7.60. The van der Waals surface area contributed by atoms with Gasteiger partial charge in [-0.05, 0) is 80.8 Å². The van der Waals surface area contributed by atoms with Gasteiger partial charge in [0.15, 0.2) is 11.6 Å². The second kappa shape index (κ2) is 13.3. The molecule has 0 aliphatic rings. The lowest BCUT2D eigenvalue weighted by Crippen LogP contribution is -2.08. The lowest BCUT2D eigenvalue weighted by atomic mass is 10.1. The molecule has 0 unspecified atom stereocenters. The molecule has 3 rings (SSSR count). The molecule has 0 fully saturated rings. The number of nitrogens with zero attached hydrogens (tertiary/aromatic N) is 1. The summed E-state index contributed by atoms with van der Waals surface area (Å²) in [6.45, 7) is 8.32. The van der Waals surface area contributed by atoms with Crippen molar-refractivity contribution in [3.05, 3.63) is 95.5 Å². The van der Waals surface area contributed by atoms with Gasteiger partial charge in [-0.1, -0.05) is 32.1 Å². The first kappa shape index (κ1) is 26.8. The fraction of sp³-hybridized carbons (Fsp3) is 0.300. The van der Waals surface area contributed by atoms with E-state index in [2.05, 4.69) is 30.2 Å². The van der Waals surface area contributed by atoms with Crippen molar-refractivity contribution in [1.82, 2.24) is 4.98 Å². The molecule has 36 heavy (non-hydrogen) atoms. The molecular formula is C30H35FN2O3. The number of hydrogen-bond acceptors (Lipinski definition) is 5. The Morgan fingerprint density at radius 2 is 1.78 bits per heavy atom. The number of allylic oxidation sites excluding steroid dienone is 2. The van der Waals surface area contributed by atoms with Gasteiger partial charge in [0.1, 0.15) is 23.9 Å². The Bertz CT molecular complexity index is 1190. The van der Waals surface area contributed by atoms with Crippen molar-refractivity contribution in [2.45, 2.75) is 53.2 Å². The Hall–Kier alpha value is -3.80. The number of para-hydroxylation sites is 1. The zero-order valence-electron chi connectivity index (χ0n) is 21.7. The van der Waals surface area contributed by atoms with Crippen LogP contribution in [0, 0.1) is 5.82 Å². The van der Waals surface area contributed by atoms with Gasteiger partial charge in [-0.3, -0.25) is 0 Å². The standard InChI is InChI=1S/C30H35FN2O3/c1-6-10-27(33-30-15-14-23(19-32-30)28(34-5)11-7-2)24-16-22(17-25(18-24)36-21(3)4)20-35-29-13-9-8-12-26(29)31/h8-19,21H,6-7,20H2,1-5H3,(H,32,33). The molecule has 1 aromatic heterocycles. The Morgan fingerprint density at radius 3 is 2.42 bits per heavy atom. The van der Waals surface area contributed by atoms with Gasteiger partial charge in [0.05, 0.1) is 13.2 Å². The monoisotopic (exact) mass is 490 g/mol. The minimum absolute atomic E-state index is 0.00696. The predicted octanol–water partition coefficient (Wildman–Crippen LogP) is 7.85. The summed E-state index contributed by atoms with van der Waals surface area (Å²) in [7, 11) is 1.66. The quantitative estimate of drug-likeness (QED) is 0.262. The van der Waals surface area contributed by atoms with Crippen LogP contribution in [0.3, 0.4) is 0 Å². The summed E-state index contributed by atoms with van der Waals surface area (Å²) in [5.74, 6) is 2.06. The fourth-order valence-corrected chi connectivity index (χ4v) is 3.66. The Kier molecular flexibility index (Phi) is 9.92. The lowest BCUT2D eigenvalue weighted by Gasteiger charge is -2.17. The van der Waals surface area contributed by atoms with Gasteiger partial charge >= 0.3 is 0 Å². The number of benzene rings is 2. The summed E-state index contributed by atoms with van der Waals surface area (Å²) in [4.78, 5) is 4.59. The molecule has 3 aromatic rings. The fourth-order valence-electron chi connectivity index (χ4n) is 3.66. The summed E-state index contributed by atoms with van der Waals surface area (Å²) >= 11 is 0. The number of methoxy groups -OCH3 is 1. The molecule has 2 aromatic carbocycles. The largest absolute Gasteiger partial charge is 0.496 e. The van der Waals surface area contributed by atoms with Gasteiger partial charge in [-0.2, -0.15) is 0 Å². The van der Waals surface area contributed by atoms with Crippen molar-refractivity contribution in [1.29, 1.82) is 0 Å². The van der Waals surface area contributed by atoms with E-state index in [0.29, 0.717) is 5.82 Å². The molecule has 0 amide bonds. The minimum Gasteiger partial charge on any atom is -0.496 e. The first-order valence-electron chi connectivity index (χ1n) is 12.3. The third-order valence-electron chi connectivity index (χ3n) is 5.21. The van der Waals surface area contributed by atoms with Gasteiger partial charge in [0.25, 0.3) is 0 Å². The highest BCUT2D eigenvalue weighted by Crippen LogP contribution is 2.27. The number of hydrogen-bond donors (Lipinski definition) is 1. The van der Waals surface area contributed by atoms with E-state index in [1.54, 1.807) is 31.5 Å². The first-order valence-corrected chi connectivity index (χ1v) is 12.3. The molecule has 190 valence electrons. The maximum atomic E-state index is 14.1. The zero-order chi connectivity index (χ0) is 25.9. The Morgan fingerprint density at radius 1 is 1.00 bits per heavy atom. The van der Waals surface area contributed by atoms with Crippen LogP contribution in [0.25, 0.3) is 11.5 Å². The van der Waals surface area contributed by atoms with Crippen molar-refractivity contribution >= 4 is 17.3 Å². The average molecular weight is 491 g/mol. The van der Waals surface area contributed by atoms with Crippen LogP contribution in [-0.4, -0.2) is 18.2 Å². The molecule has 1 heterocycles. The van der Waals surface area contributed by atoms with Crippen LogP contribution >= 0.6 is 0 Å². The molecule has 0 bridgehead atoms. The van der Waals surface area contributed by atoms with Gasteiger partial charge in [0.2, 0.25) is 0 Å². The predicted molar refractivity (Wildman–Crippen MR) is 144 cm³/mol. The van der Waals surface area contributed by atoms with Crippen molar-refractivity contribution in [2.24, 2.45) is 0 Å². The van der Waals surface area contributed by atoms with E-state index < -0.39 is 0 Å². The van der Waals surface area contributed by atoms with Gasteiger partial charge < -0.3 is 19.5 Å². The number of halogens is 1. The maximum absolute atomic E-state index is 14.1. The number of pyridine rings is 1. The van der Waals surface area contributed by atoms with Gasteiger partial charge in [0, 0.05) is 23.0 Å². The van der Waals surface area contributed by atoms with E-state index in [4.69, 9.17) is 14.2 Å². The van der Waals surface area contributed by atoms with Crippen LogP contribution in [0.15, 0.2) is 72.9 Å². The normalized spacial score (nSPS) is 12.0. The highest BCUT2D eigenvalue weighted by molar-refractivity contribution is 5.77. The Labute approximate surface area is 213 Å². The summed E-state index contributed by atoms with van der Waals surface area (Å²) in [5.41, 5.74) is 3.62. The van der Waals surface area contributed by atoms with Crippen molar-refractivity contribution in [3.63, 3.8) is 0 Å². The molecule has 1 N–H and O–H groups in total. The number of rotatable bonds is 12. The van der Waals surface area contributed by atoms with E-state index in [1.807, 2.05) is 50.3 Å². The maximum Gasteiger partial charge on any atom is 0.165 e. The van der Waals surface area contributed by atoms with E-state index in [-0.39, 0.29) is 24.3 Å². The Balaban J connectivity index is 1.88. The lowest BCUT2D eigenvalue weighted by molar-refractivity contribution is 0.240. The highest BCUT2D eigenvalue weighted by Gasteiger charge is 2.11. The number of ether oxygens (including phenoxy) is 3. The van der Waals surface area contributed by atoms with Crippen LogP contribution in [0.4, 0.5) is 10.2 Å². The summed E-state index contributed by atoms with van der Waals surface area (Å²) < 4.78 is 31.3. The van der Waals surface area contributed by atoms with Crippen LogP contribution in [0.5, 0.6) is 11.5 Å². The molecule has 0 atom stereocenters. The molecule has 0 saturated carbocycles. The molecule has 0 spiro atoms. The van der Waals surface area contributed by atoms with E-state index in [9.17, 15) is 4.39 Å². The van der Waals surface area contributed by atoms with Crippen LogP contribution in [0.1, 0.15) is 57.2 Å². The molecular weight excluding hydrogens is 455 g/mol. The number of aromatic nitrogens is 1. The topological polar surface area (TPSA) is 52.6 Å². The van der Waals surface area contributed by atoms with Crippen molar-refractivity contribution in [3.8, 4) is 11.5 Å². The second-order valence-electron chi connectivity index (χ2n) is 8.52. The zero-order valence-corrected chi connectivity index (χ0v) is 21.7. The average Bonchev–Trinajstić information content (AvgIpc) is 2.86. The third-order valence-corrected chi connectivity index (χ3v) is 5.21. The highest BCUT2D eigenvalue weighted by atomic mass is 19.1. The van der Waals surface area contributed by atoms with Crippen molar-refractivity contribution < 1.29 is 18.6 Å². The summed E-state index contributed by atoms with van der Waals surface area (Å²) in [6, 6.07) is 16.2. The molecule has 6 heteroatoms. The number of anilines is 1. The SMILES string of the molecule is CCC=C(Nc1ccc(C(=CCC)OC)cn1)c1cc(COc2ccccc2F)cc(OC(C)C)c1. The second-order valence-corrected chi connectivity index (χ2v) is 8.52. The number of nitrogens with one attached hydrogen (secondary N) is 1. The molecule has 5 nitrogen and oxygen atoms in total. The minimum atomic E-state index is -0.388. The molecule has 0 saturated heterocycles. The molecule has 0 aliphatic carbocycles. The first-order chi connectivity index (χ1) is 17.4. The smallest absolute Gasteiger partial charge is 0.165 e. The summed E-state index contributed by atoms with van der Waals surface area (Å²) in [5, 5.41) is 3.44. The molecule has 0 radical (unpaired) electrons. The summed E-state index contributed by atoms with van der Waals surface area (Å²) in [6.07, 6.45) is 7.63.